The van der Waals surface area contributed by atoms with Crippen LogP contribution in [-0.2, 0) is 14.3 Å². The summed E-state index contributed by atoms with van der Waals surface area (Å²) in [6.45, 7) is 1.42. The third-order valence-corrected chi connectivity index (χ3v) is 3.57. The van der Waals surface area contributed by atoms with E-state index < -0.39 is 23.8 Å². The normalized spacial score (nSPS) is 11.8. The number of nitrogens with zero attached hydrogens (tertiary/aromatic N) is 1. The Morgan fingerprint density at radius 2 is 2.12 bits per heavy atom. The third kappa shape index (κ3) is 5.29. The van der Waals surface area contributed by atoms with E-state index in [1.165, 1.54) is 38.4 Å². The summed E-state index contributed by atoms with van der Waals surface area (Å²) in [5, 5.41) is 2.64. The van der Waals surface area contributed by atoms with E-state index in [2.05, 4.69) is 10.3 Å². The average Bonchev–Trinajstić information content (AvgIpc) is 2.62. The van der Waals surface area contributed by atoms with Crippen LogP contribution in [0, 0.1) is 5.82 Å². The van der Waals surface area contributed by atoms with Crippen LogP contribution in [0.5, 0.6) is 5.75 Å². The number of hydrogen-bond acceptors (Lipinski definition) is 5. The Kier molecular flexibility index (Phi) is 6.68. The number of rotatable bonds is 6. The Hall–Kier alpha value is -2.93. The van der Waals surface area contributed by atoms with E-state index in [4.69, 9.17) is 21.1 Å². The summed E-state index contributed by atoms with van der Waals surface area (Å²) in [6.07, 6.45) is 2.89. The molecule has 1 aromatic heterocycles. The molecule has 1 aromatic carbocycles. The second kappa shape index (κ2) is 8.96. The van der Waals surface area contributed by atoms with Crippen LogP contribution in [0.4, 0.5) is 10.1 Å². The standard InChI is InChI=1S/C18H16ClFN2O4/c1-11(18(24)22-14-4-3-9-21-17(14)19)26-16(23)8-6-12-5-7-15(25-2)13(20)10-12/h3-11H,1-2H3,(H,22,24)/b8-6+/t11-/m1/s1. The highest BCUT2D eigenvalue weighted by atomic mass is 35.5. The Morgan fingerprint density at radius 3 is 2.77 bits per heavy atom. The van der Waals surface area contributed by atoms with E-state index in [1.54, 1.807) is 18.2 Å². The Morgan fingerprint density at radius 1 is 1.35 bits per heavy atom. The van der Waals surface area contributed by atoms with Crippen LogP contribution in [-0.4, -0.2) is 30.1 Å². The number of methoxy groups -OCH3 is 1. The van der Waals surface area contributed by atoms with Gasteiger partial charge in [-0.25, -0.2) is 14.2 Å². The zero-order valence-corrected chi connectivity index (χ0v) is 14.8. The number of anilines is 1. The van der Waals surface area contributed by atoms with Crippen LogP contribution in [0.1, 0.15) is 12.5 Å². The number of pyridine rings is 1. The van der Waals surface area contributed by atoms with E-state index in [-0.39, 0.29) is 10.9 Å². The van der Waals surface area contributed by atoms with Crippen molar-refractivity contribution in [1.29, 1.82) is 0 Å². The minimum absolute atomic E-state index is 0.101. The maximum atomic E-state index is 13.6. The van der Waals surface area contributed by atoms with Gasteiger partial charge < -0.3 is 14.8 Å². The summed E-state index contributed by atoms with van der Waals surface area (Å²) in [4.78, 5) is 27.7. The molecule has 0 fully saturated rings. The number of aromatic nitrogens is 1. The molecule has 2 aromatic rings. The molecule has 6 nitrogen and oxygen atoms in total. The van der Waals surface area contributed by atoms with Gasteiger partial charge in [0.1, 0.15) is 0 Å². The molecule has 1 heterocycles. The van der Waals surface area contributed by atoms with Gasteiger partial charge >= 0.3 is 5.97 Å². The highest BCUT2D eigenvalue weighted by Crippen LogP contribution is 2.19. The van der Waals surface area contributed by atoms with Crippen LogP contribution < -0.4 is 10.1 Å². The third-order valence-electron chi connectivity index (χ3n) is 3.27. The van der Waals surface area contributed by atoms with Gasteiger partial charge in [-0.05, 0) is 42.8 Å². The highest BCUT2D eigenvalue weighted by Gasteiger charge is 2.17. The molecule has 0 saturated heterocycles. The van der Waals surface area contributed by atoms with Gasteiger partial charge in [0.15, 0.2) is 22.8 Å². The van der Waals surface area contributed by atoms with E-state index in [1.807, 2.05) is 0 Å². The second-order valence-corrected chi connectivity index (χ2v) is 5.50. The fraction of sp³-hybridized carbons (Fsp3) is 0.167. The first-order chi connectivity index (χ1) is 12.4. The van der Waals surface area contributed by atoms with Crippen molar-refractivity contribution >= 4 is 35.2 Å². The summed E-state index contributed by atoms with van der Waals surface area (Å²) in [5.74, 6) is -1.76. The van der Waals surface area contributed by atoms with Crippen molar-refractivity contribution in [3.8, 4) is 5.75 Å². The summed E-state index contributed by atoms with van der Waals surface area (Å²) in [6, 6.07) is 7.40. The number of esters is 1. The van der Waals surface area contributed by atoms with Gasteiger partial charge in [0.05, 0.1) is 12.8 Å². The predicted molar refractivity (Wildman–Crippen MR) is 95.4 cm³/mol. The fourth-order valence-electron chi connectivity index (χ4n) is 1.93. The average molecular weight is 379 g/mol. The maximum Gasteiger partial charge on any atom is 0.331 e. The number of nitrogens with one attached hydrogen (secondary N) is 1. The van der Waals surface area contributed by atoms with Crippen molar-refractivity contribution in [2.45, 2.75) is 13.0 Å². The quantitative estimate of drug-likeness (QED) is 0.473. The van der Waals surface area contributed by atoms with E-state index in [9.17, 15) is 14.0 Å². The van der Waals surface area contributed by atoms with Crippen molar-refractivity contribution in [2.24, 2.45) is 0 Å². The lowest BCUT2D eigenvalue weighted by Crippen LogP contribution is -2.29. The lowest BCUT2D eigenvalue weighted by atomic mass is 10.2. The number of hydrogen-bond donors (Lipinski definition) is 1. The zero-order chi connectivity index (χ0) is 19.1. The van der Waals surface area contributed by atoms with Crippen molar-refractivity contribution < 1.29 is 23.5 Å². The Bertz CT molecular complexity index is 842. The lowest BCUT2D eigenvalue weighted by molar-refractivity contribution is -0.148. The topological polar surface area (TPSA) is 77.5 Å². The Labute approximate surface area is 154 Å². The second-order valence-electron chi connectivity index (χ2n) is 5.14. The van der Waals surface area contributed by atoms with Crippen molar-refractivity contribution in [2.75, 3.05) is 12.4 Å². The molecular formula is C18H16ClFN2O4. The molecule has 0 spiro atoms. The number of halogens is 2. The number of benzene rings is 1. The molecule has 0 bridgehead atoms. The molecule has 1 atom stereocenters. The monoisotopic (exact) mass is 378 g/mol. The number of ether oxygens (including phenoxy) is 2. The first-order valence-electron chi connectivity index (χ1n) is 7.54. The summed E-state index contributed by atoms with van der Waals surface area (Å²) in [5.41, 5.74) is 0.755. The lowest BCUT2D eigenvalue weighted by Gasteiger charge is -2.12. The fourth-order valence-corrected chi connectivity index (χ4v) is 2.10. The van der Waals surface area contributed by atoms with Crippen LogP contribution in [0.25, 0.3) is 6.08 Å². The number of carbonyl (C=O) groups excluding carboxylic acids is 2. The van der Waals surface area contributed by atoms with Crippen molar-refractivity contribution in [3.63, 3.8) is 0 Å². The molecule has 1 amide bonds. The smallest absolute Gasteiger partial charge is 0.331 e. The van der Waals surface area contributed by atoms with Gasteiger partial charge in [0.25, 0.3) is 5.91 Å². The minimum Gasteiger partial charge on any atom is -0.494 e. The molecule has 26 heavy (non-hydrogen) atoms. The van der Waals surface area contributed by atoms with Crippen molar-refractivity contribution in [1.82, 2.24) is 4.98 Å². The minimum atomic E-state index is -1.06. The summed E-state index contributed by atoms with van der Waals surface area (Å²) in [7, 11) is 1.36. The zero-order valence-electron chi connectivity index (χ0n) is 14.0. The molecule has 0 radical (unpaired) electrons. The van der Waals surface area contributed by atoms with Gasteiger partial charge in [0, 0.05) is 12.3 Å². The van der Waals surface area contributed by atoms with Crippen molar-refractivity contribution in [3.05, 3.63) is 59.1 Å². The van der Waals surface area contributed by atoms with E-state index in [0.29, 0.717) is 11.3 Å². The summed E-state index contributed by atoms with van der Waals surface area (Å²) >= 11 is 5.85. The van der Waals surface area contributed by atoms with Crippen LogP contribution in [0.2, 0.25) is 5.15 Å². The molecule has 136 valence electrons. The van der Waals surface area contributed by atoms with Crippen LogP contribution in [0.3, 0.4) is 0 Å². The summed E-state index contributed by atoms with van der Waals surface area (Å²) < 4.78 is 23.4. The molecule has 0 unspecified atom stereocenters. The molecule has 1 N–H and O–H groups in total. The predicted octanol–water partition coefficient (Wildman–Crippen LogP) is 3.47. The van der Waals surface area contributed by atoms with Gasteiger partial charge in [-0.15, -0.1) is 0 Å². The van der Waals surface area contributed by atoms with Gasteiger partial charge in [0.2, 0.25) is 0 Å². The van der Waals surface area contributed by atoms with Gasteiger partial charge in [-0.2, -0.15) is 0 Å². The molecule has 0 aliphatic carbocycles. The largest absolute Gasteiger partial charge is 0.494 e. The first-order valence-corrected chi connectivity index (χ1v) is 7.92. The molecule has 0 saturated carbocycles. The highest BCUT2D eigenvalue weighted by molar-refractivity contribution is 6.32. The van der Waals surface area contributed by atoms with E-state index in [0.717, 1.165) is 6.08 Å². The molecule has 0 aliphatic heterocycles. The molecule has 2 rings (SSSR count). The van der Waals surface area contributed by atoms with Crippen LogP contribution >= 0.6 is 11.6 Å². The van der Waals surface area contributed by atoms with E-state index >= 15 is 0 Å². The first kappa shape index (κ1) is 19.4. The van der Waals surface area contributed by atoms with Gasteiger partial charge in [-0.3, -0.25) is 4.79 Å². The SMILES string of the molecule is COc1ccc(/C=C/C(=O)O[C@H](C)C(=O)Nc2cccnc2Cl)cc1F. The number of carbonyl (C=O) groups is 2. The molecule has 0 aliphatic rings. The van der Waals surface area contributed by atoms with Crippen LogP contribution in [0.15, 0.2) is 42.6 Å². The Balaban J connectivity index is 1.93. The number of amides is 1. The molecular weight excluding hydrogens is 363 g/mol. The molecule has 8 heteroatoms. The van der Waals surface area contributed by atoms with Gasteiger partial charge in [-0.1, -0.05) is 17.7 Å². The maximum absolute atomic E-state index is 13.6.